The van der Waals surface area contributed by atoms with Gasteiger partial charge in [0, 0.05) is 31.3 Å². The van der Waals surface area contributed by atoms with Crippen molar-refractivity contribution in [2.24, 2.45) is 4.99 Å². The zero-order chi connectivity index (χ0) is 29.1. The van der Waals surface area contributed by atoms with Crippen molar-refractivity contribution in [3.05, 3.63) is 80.4 Å². The van der Waals surface area contributed by atoms with Crippen LogP contribution in [0.25, 0.3) is 11.3 Å². The van der Waals surface area contributed by atoms with Crippen molar-refractivity contribution >= 4 is 11.6 Å². The van der Waals surface area contributed by atoms with Crippen LogP contribution in [0.1, 0.15) is 46.1 Å². The largest absolute Gasteiger partial charge is 0.493 e. The Morgan fingerprint density at radius 1 is 1.12 bits per heavy atom. The van der Waals surface area contributed by atoms with Crippen molar-refractivity contribution < 1.29 is 14.3 Å². The molecule has 2 N–H and O–H groups in total. The molecule has 0 saturated carbocycles. The Labute approximate surface area is 237 Å². The summed E-state index contributed by atoms with van der Waals surface area (Å²) in [5.74, 6) is 0.931. The molecule has 214 valence electrons. The van der Waals surface area contributed by atoms with Crippen LogP contribution in [-0.4, -0.2) is 50.7 Å². The van der Waals surface area contributed by atoms with Crippen molar-refractivity contribution in [2.45, 2.75) is 53.6 Å². The summed E-state index contributed by atoms with van der Waals surface area (Å²) >= 11 is 0. The first-order chi connectivity index (χ1) is 19.8. The fourth-order valence-corrected chi connectivity index (χ4v) is 5.42. The Hall–Kier alpha value is -4.67. The number of nitrogens with one attached hydrogen (secondary N) is 2. The van der Waals surface area contributed by atoms with Gasteiger partial charge in [0.15, 0.2) is 17.2 Å². The zero-order valence-electron chi connectivity index (χ0n) is 24.1. The van der Waals surface area contributed by atoms with Crippen LogP contribution in [0.15, 0.2) is 46.3 Å². The van der Waals surface area contributed by atoms with Gasteiger partial charge in [-0.05, 0) is 69.4 Å². The number of hydrogen-bond acceptors (Lipinski definition) is 7. The Morgan fingerprint density at radius 3 is 2.59 bits per heavy atom. The number of H-pyrrole nitrogens is 1. The smallest absolute Gasteiger partial charge is 0.330 e. The van der Waals surface area contributed by atoms with Gasteiger partial charge < -0.3 is 14.8 Å². The first kappa shape index (κ1) is 27.9. The lowest BCUT2D eigenvalue weighted by molar-refractivity contribution is 0.0947. The van der Waals surface area contributed by atoms with Gasteiger partial charge in [0.25, 0.3) is 5.91 Å². The van der Waals surface area contributed by atoms with Gasteiger partial charge in [-0.15, -0.1) is 0 Å². The summed E-state index contributed by atoms with van der Waals surface area (Å²) in [4.78, 5) is 31.6. The van der Waals surface area contributed by atoms with Crippen LogP contribution in [-0.2, 0) is 19.5 Å². The summed E-state index contributed by atoms with van der Waals surface area (Å²) in [5.41, 5.74) is 7.28. The molecular weight excluding hydrogens is 522 g/mol. The van der Waals surface area contributed by atoms with E-state index in [9.17, 15) is 9.59 Å². The lowest BCUT2D eigenvalue weighted by Gasteiger charge is -2.18. The number of ether oxygens (including phenoxy) is 2. The lowest BCUT2D eigenvalue weighted by Crippen LogP contribution is -2.43. The first-order valence-electron chi connectivity index (χ1n) is 13.8. The highest BCUT2D eigenvalue weighted by atomic mass is 16.5. The number of nitrogens with zero attached hydrogens (tertiary/aromatic N) is 5. The van der Waals surface area contributed by atoms with Crippen LogP contribution in [0, 0.1) is 20.8 Å². The number of carbonyl (C=O) groups is 1. The van der Waals surface area contributed by atoms with Crippen LogP contribution in [0.3, 0.4) is 0 Å². The van der Waals surface area contributed by atoms with Gasteiger partial charge in [0.1, 0.15) is 5.49 Å². The van der Waals surface area contributed by atoms with Crippen LogP contribution in [0.2, 0.25) is 0 Å². The third kappa shape index (κ3) is 5.65. The van der Waals surface area contributed by atoms with E-state index in [1.54, 1.807) is 16.2 Å². The molecule has 0 unspecified atom stereocenters. The highest BCUT2D eigenvalue weighted by Crippen LogP contribution is 2.37. The second-order valence-corrected chi connectivity index (χ2v) is 10.1. The molecule has 11 heteroatoms. The molecule has 0 aliphatic carbocycles. The molecule has 0 spiro atoms. The van der Waals surface area contributed by atoms with Crippen LogP contribution in [0.5, 0.6) is 11.5 Å². The second-order valence-electron chi connectivity index (χ2n) is 10.1. The highest BCUT2D eigenvalue weighted by Gasteiger charge is 2.21. The molecule has 3 heterocycles. The number of aromatic nitrogens is 5. The number of aryl methyl sites for hydroxylation is 4. The average molecular weight is 558 g/mol. The minimum Gasteiger partial charge on any atom is -0.493 e. The van der Waals surface area contributed by atoms with Gasteiger partial charge >= 0.3 is 5.69 Å². The summed E-state index contributed by atoms with van der Waals surface area (Å²) in [6, 6.07) is 10.1. The van der Waals surface area contributed by atoms with E-state index in [-0.39, 0.29) is 30.4 Å². The molecule has 2 aromatic carbocycles. The molecule has 0 saturated heterocycles. The lowest BCUT2D eigenvalue weighted by atomic mass is 10.0. The zero-order valence-corrected chi connectivity index (χ0v) is 24.1. The molecule has 0 atom stereocenters. The number of rotatable bonds is 8. The van der Waals surface area contributed by atoms with E-state index >= 15 is 0 Å². The summed E-state index contributed by atoms with van der Waals surface area (Å²) in [7, 11) is 1.62. The molecule has 41 heavy (non-hydrogen) atoms. The van der Waals surface area contributed by atoms with Gasteiger partial charge in [-0.1, -0.05) is 17.7 Å². The maximum Gasteiger partial charge on any atom is 0.330 e. The second kappa shape index (κ2) is 11.8. The molecule has 2 aromatic heterocycles. The quantitative estimate of drug-likeness (QED) is 0.342. The molecule has 0 fully saturated rings. The summed E-state index contributed by atoms with van der Waals surface area (Å²) < 4.78 is 14.9. The topological polar surface area (TPSA) is 128 Å². The third-order valence-electron chi connectivity index (χ3n) is 7.22. The fourth-order valence-electron chi connectivity index (χ4n) is 5.42. The van der Waals surface area contributed by atoms with E-state index in [0.29, 0.717) is 30.1 Å². The maximum absolute atomic E-state index is 14.1. The molecular formula is C30H35N7O4. The van der Waals surface area contributed by atoms with Gasteiger partial charge in [-0.2, -0.15) is 15.4 Å². The SMILES string of the molecule is CCOc1cc2c(cc1OC)-c1cc(=Nc3c(C)cc(C)cc3C)n(CCNC(=O)c3cn[nH]n3)c(=O)n1CCC2. The Bertz CT molecular complexity index is 1700. The van der Waals surface area contributed by atoms with Crippen LogP contribution in [0.4, 0.5) is 5.69 Å². The van der Waals surface area contributed by atoms with E-state index in [1.165, 1.54) is 6.20 Å². The summed E-state index contributed by atoms with van der Waals surface area (Å²) in [6.45, 7) is 9.54. The van der Waals surface area contributed by atoms with Crippen LogP contribution >= 0.6 is 0 Å². The van der Waals surface area contributed by atoms with Gasteiger partial charge in [-0.3, -0.25) is 13.9 Å². The molecule has 11 nitrogen and oxygen atoms in total. The number of carbonyl (C=O) groups excluding carboxylic acids is 1. The van der Waals surface area contributed by atoms with Gasteiger partial charge in [0.05, 0.1) is 31.3 Å². The van der Waals surface area contributed by atoms with Crippen molar-refractivity contribution in [1.82, 2.24) is 29.9 Å². The van der Waals surface area contributed by atoms with Gasteiger partial charge in [0.2, 0.25) is 0 Å². The average Bonchev–Trinajstić information content (AvgIpc) is 3.42. The van der Waals surface area contributed by atoms with Crippen LogP contribution < -0.4 is 26.0 Å². The molecule has 0 radical (unpaired) electrons. The minimum atomic E-state index is -0.371. The third-order valence-corrected chi connectivity index (χ3v) is 7.22. The predicted molar refractivity (Wildman–Crippen MR) is 155 cm³/mol. The van der Waals surface area contributed by atoms with Crippen molar-refractivity contribution in [3.8, 4) is 22.8 Å². The van der Waals surface area contributed by atoms with E-state index in [2.05, 4.69) is 39.8 Å². The summed E-state index contributed by atoms with van der Waals surface area (Å²) in [6.07, 6.45) is 2.93. The summed E-state index contributed by atoms with van der Waals surface area (Å²) in [5, 5.41) is 12.8. The number of benzene rings is 2. The molecule has 1 aliphatic rings. The number of hydrogen-bond donors (Lipinski definition) is 2. The molecule has 0 bridgehead atoms. The first-order valence-corrected chi connectivity index (χ1v) is 13.8. The Morgan fingerprint density at radius 2 is 1.90 bits per heavy atom. The van der Waals surface area contributed by atoms with Crippen molar-refractivity contribution in [1.29, 1.82) is 0 Å². The van der Waals surface area contributed by atoms with E-state index in [4.69, 9.17) is 14.5 Å². The Kier molecular flexibility index (Phi) is 8.04. The Balaban J connectivity index is 1.67. The normalized spacial score (nSPS) is 12.9. The number of aromatic amines is 1. The number of methoxy groups -OCH3 is 1. The maximum atomic E-state index is 14.1. The monoisotopic (exact) mass is 557 g/mol. The van der Waals surface area contributed by atoms with E-state index in [0.717, 1.165) is 52.0 Å². The molecule has 1 aliphatic heterocycles. The number of amides is 1. The molecule has 1 amide bonds. The highest BCUT2D eigenvalue weighted by molar-refractivity contribution is 5.91. The van der Waals surface area contributed by atoms with E-state index < -0.39 is 0 Å². The minimum absolute atomic E-state index is 0.182. The van der Waals surface area contributed by atoms with Gasteiger partial charge in [-0.25, -0.2) is 9.79 Å². The molecule has 4 aromatic rings. The molecule has 5 rings (SSSR count). The number of fused-ring (bicyclic) bond motifs is 3. The van der Waals surface area contributed by atoms with Crippen molar-refractivity contribution in [2.75, 3.05) is 20.3 Å². The van der Waals surface area contributed by atoms with Crippen molar-refractivity contribution in [3.63, 3.8) is 0 Å². The standard InChI is InChI=1S/C30H35N7O4/c1-6-41-26-14-21-8-7-10-36-24(22(21)15-25(26)40-5)16-27(33-28-19(3)12-18(2)13-20(28)4)37(30(36)39)11-9-31-29(38)23-17-32-35-34-23/h12-17H,6-11H2,1-5H3,(H,31,38)(H,32,34,35). The fraction of sp³-hybridized carbons (Fsp3) is 0.367. The predicted octanol–water partition coefficient (Wildman–Crippen LogP) is 3.38. The van der Waals surface area contributed by atoms with E-state index in [1.807, 2.05) is 39.0 Å².